The number of benzene rings is 3. The van der Waals surface area contributed by atoms with E-state index in [1.54, 1.807) is 38.3 Å². The molecule has 36 heavy (non-hydrogen) atoms. The van der Waals surface area contributed by atoms with Gasteiger partial charge in [-0.25, -0.2) is 8.42 Å². The predicted octanol–water partition coefficient (Wildman–Crippen LogP) is 6.34. The lowest BCUT2D eigenvalue weighted by molar-refractivity contribution is 0.0939. The number of methoxy groups -OCH3 is 1. The molecule has 1 unspecified atom stereocenters. The lowest BCUT2D eigenvalue weighted by Gasteiger charge is -2.21. The minimum Gasteiger partial charge on any atom is -0.496 e. The van der Waals surface area contributed by atoms with Crippen molar-refractivity contribution in [2.75, 3.05) is 11.8 Å². The molecule has 0 saturated heterocycles. The Hall–Kier alpha value is -3.32. The molecule has 0 radical (unpaired) electrons. The second-order valence-corrected chi connectivity index (χ2v) is 11.4. The zero-order chi connectivity index (χ0) is 26.8. The molecule has 1 atom stereocenters. The highest BCUT2D eigenvalue weighted by Crippen LogP contribution is 2.32. The molecule has 3 rings (SSSR count). The van der Waals surface area contributed by atoms with Crippen molar-refractivity contribution >= 4 is 21.6 Å². The monoisotopic (exact) mass is 508 g/mol. The molecule has 192 valence electrons. The van der Waals surface area contributed by atoms with Gasteiger partial charge in [0.25, 0.3) is 15.9 Å². The summed E-state index contributed by atoms with van der Waals surface area (Å²) in [6.07, 6.45) is 0. The average molecular weight is 509 g/mol. The lowest BCUT2D eigenvalue weighted by atomic mass is 9.93. The highest BCUT2D eigenvalue weighted by molar-refractivity contribution is 7.92. The van der Waals surface area contributed by atoms with E-state index in [1.807, 2.05) is 39.8 Å². The molecular formula is C29H36N2O4S. The first-order valence-corrected chi connectivity index (χ1v) is 13.5. The molecule has 0 aliphatic carbocycles. The number of hydrogen-bond acceptors (Lipinski definition) is 4. The smallest absolute Gasteiger partial charge is 0.262 e. The third-order valence-corrected chi connectivity index (χ3v) is 7.79. The molecule has 0 aliphatic heterocycles. The van der Waals surface area contributed by atoms with Gasteiger partial charge in [0.15, 0.2) is 0 Å². The van der Waals surface area contributed by atoms with Crippen LogP contribution in [0.25, 0.3) is 0 Å². The molecular weight excluding hydrogens is 472 g/mol. The highest BCUT2D eigenvalue weighted by atomic mass is 32.2. The fourth-order valence-corrected chi connectivity index (χ4v) is 5.75. The number of rotatable bonds is 8. The maximum absolute atomic E-state index is 13.2. The SMILES string of the molecule is COc1cc(C)c(C(C)NC(=O)c2ccc(C)c(S(=O)(=O)Nc3cc(C)cc(C)c3)c2)cc1C(C)C. The van der Waals surface area contributed by atoms with Gasteiger partial charge in [0, 0.05) is 11.3 Å². The van der Waals surface area contributed by atoms with E-state index in [-0.39, 0.29) is 28.3 Å². The van der Waals surface area contributed by atoms with Gasteiger partial charge in [-0.15, -0.1) is 0 Å². The van der Waals surface area contributed by atoms with Crippen LogP contribution >= 0.6 is 0 Å². The molecule has 3 aromatic carbocycles. The summed E-state index contributed by atoms with van der Waals surface area (Å²) in [5, 5.41) is 3.02. The Bertz CT molecular complexity index is 1370. The van der Waals surface area contributed by atoms with Gasteiger partial charge < -0.3 is 10.1 Å². The van der Waals surface area contributed by atoms with Crippen molar-refractivity contribution in [1.29, 1.82) is 0 Å². The van der Waals surface area contributed by atoms with Crippen LogP contribution in [-0.2, 0) is 10.0 Å². The summed E-state index contributed by atoms with van der Waals surface area (Å²) < 4.78 is 34.6. The Morgan fingerprint density at radius 1 is 0.833 bits per heavy atom. The Labute approximate surface area is 215 Å². The number of amides is 1. The van der Waals surface area contributed by atoms with Crippen LogP contribution in [0.3, 0.4) is 0 Å². The number of hydrogen-bond donors (Lipinski definition) is 2. The van der Waals surface area contributed by atoms with Crippen LogP contribution in [0.5, 0.6) is 5.75 Å². The maximum Gasteiger partial charge on any atom is 0.262 e. The Balaban J connectivity index is 1.88. The lowest BCUT2D eigenvalue weighted by Crippen LogP contribution is -2.27. The summed E-state index contributed by atoms with van der Waals surface area (Å²) in [4.78, 5) is 13.2. The molecule has 0 spiro atoms. The van der Waals surface area contributed by atoms with Crippen LogP contribution < -0.4 is 14.8 Å². The van der Waals surface area contributed by atoms with E-state index in [9.17, 15) is 13.2 Å². The molecule has 1 amide bonds. The van der Waals surface area contributed by atoms with Gasteiger partial charge in [-0.05, 0) is 110 Å². The van der Waals surface area contributed by atoms with E-state index in [1.165, 1.54) is 6.07 Å². The number of carbonyl (C=O) groups excluding carboxylic acids is 1. The molecule has 0 aliphatic rings. The van der Waals surface area contributed by atoms with Crippen molar-refractivity contribution in [3.63, 3.8) is 0 Å². The molecule has 0 aromatic heterocycles. The van der Waals surface area contributed by atoms with E-state index in [4.69, 9.17) is 4.74 Å². The highest BCUT2D eigenvalue weighted by Gasteiger charge is 2.22. The third kappa shape index (κ3) is 6.08. The van der Waals surface area contributed by atoms with Crippen molar-refractivity contribution in [2.45, 2.75) is 65.3 Å². The molecule has 0 heterocycles. The van der Waals surface area contributed by atoms with Gasteiger partial charge >= 0.3 is 0 Å². The molecule has 0 bridgehead atoms. The third-order valence-electron chi connectivity index (χ3n) is 6.27. The van der Waals surface area contributed by atoms with E-state index >= 15 is 0 Å². The second-order valence-electron chi connectivity index (χ2n) is 9.76. The Morgan fingerprint density at radius 3 is 2.06 bits per heavy atom. The zero-order valence-electron chi connectivity index (χ0n) is 22.3. The maximum atomic E-state index is 13.2. The Kier molecular flexibility index (Phi) is 8.14. The minimum atomic E-state index is -3.89. The van der Waals surface area contributed by atoms with Crippen molar-refractivity contribution < 1.29 is 17.9 Å². The zero-order valence-corrected chi connectivity index (χ0v) is 23.1. The van der Waals surface area contributed by atoms with E-state index in [2.05, 4.69) is 30.0 Å². The van der Waals surface area contributed by atoms with Gasteiger partial charge in [-0.3, -0.25) is 9.52 Å². The number of nitrogens with one attached hydrogen (secondary N) is 2. The largest absolute Gasteiger partial charge is 0.496 e. The number of sulfonamides is 1. The first-order chi connectivity index (χ1) is 16.8. The molecule has 7 heteroatoms. The number of ether oxygens (including phenoxy) is 1. The fraction of sp³-hybridized carbons (Fsp3) is 0.345. The second kappa shape index (κ2) is 10.7. The molecule has 2 N–H and O–H groups in total. The predicted molar refractivity (Wildman–Crippen MR) is 146 cm³/mol. The van der Waals surface area contributed by atoms with Gasteiger partial charge in [0.2, 0.25) is 0 Å². The number of carbonyl (C=O) groups is 1. The van der Waals surface area contributed by atoms with Crippen LogP contribution in [0.4, 0.5) is 5.69 Å². The summed E-state index contributed by atoms with van der Waals surface area (Å²) in [5.41, 5.74) is 6.32. The number of anilines is 1. The summed E-state index contributed by atoms with van der Waals surface area (Å²) >= 11 is 0. The van der Waals surface area contributed by atoms with Gasteiger partial charge in [-0.2, -0.15) is 0 Å². The quantitative estimate of drug-likeness (QED) is 0.372. The van der Waals surface area contributed by atoms with Crippen LogP contribution in [-0.4, -0.2) is 21.4 Å². The minimum absolute atomic E-state index is 0.0738. The molecule has 6 nitrogen and oxygen atoms in total. The van der Waals surface area contributed by atoms with Crippen molar-refractivity contribution in [3.05, 3.63) is 87.5 Å². The van der Waals surface area contributed by atoms with Crippen LogP contribution in [0.15, 0.2) is 53.4 Å². The topological polar surface area (TPSA) is 84.5 Å². The van der Waals surface area contributed by atoms with Crippen molar-refractivity contribution in [1.82, 2.24) is 5.32 Å². The summed E-state index contributed by atoms with van der Waals surface area (Å²) in [7, 11) is -2.23. The van der Waals surface area contributed by atoms with Gasteiger partial charge in [-0.1, -0.05) is 26.0 Å². The fourth-order valence-electron chi connectivity index (χ4n) is 4.44. The Morgan fingerprint density at radius 2 is 1.47 bits per heavy atom. The summed E-state index contributed by atoms with van der Waals surface area (Å²) in [6.45, 7) is 13.6. The summed E-state index contributed by atoms with van der Waals surface area (Å²) in [5.74, 6) is 0.748. The van der Waals surface area contributed by atoms with E-state index < -0.39 is 10.0 Å². The van der Waals surface area contributed by atoms with Crippen molar-refractivity contribution in [2.24, 2.45) is 0 Å². The summed E-state index contributed by atoms with van der Waals surface area (Å²) in [6, 6.07) is 14.0. The molecule has 0 fully saturated rings. The standard InChI is InChI=1S/C29H36N2O4S/c1-17(2)25-16-26(21(6)14-27(25)35-8)22(7)30-29(32)23-10-9-20(5)28(15-23)36(33,34)31-24-12-18(3)11-19(4)13-24/h9-17,22,31H,1-8H3,(H,30,32). The first-order valence-electron chi connectivity index (χ1n) is 12.0. The van der Waals surface area contributed by atoms with E-state index in [0.717, 1.165) is 33.6 Å². The van der Waals surface area contributed by atoms with Crippen LogP contribution in [0.2, 0.25) is 0 Å². The van der Waals surface area contributed by atoms with Crippen LogP contribution in [0.1, 0.15) is 76.5 Å². The van der Waals surface area contributed by atoms with Crippen LogP contribution in [0, 0.1) is 27.7 Å². The molecule has 3 aromatic rings. The van der Waals surface area contributed by atoms with Gasteiger partial charge in [0.1, 0.15) is 5.75 Å². The van der Waals surface area contributed by atoms with Crippen molar-refractivity contribution in [3.8, 4) is 5.75 Å². The molecule has 0 saturated carbocycles. The normalized spacial score (nSPS) is 12.4. The first kappa shape index (κ1) is 27.3. The number of aryl methyl sites for hydroxylation is 4. The van der Waals surface area contributed by atoms with Gasteiger partial charge in [0.05, 0.1) is 18.0 Å². The average Bonchev–Trinajstić information content (AvgIpc) is 2.77. The van der Waals surface area contributed by atoms with E-state index in [0.29, 0.717) is 11.3 Å².